The summed E-state index contributed by atoms with van der Waals surface area (Å²) in [7, 11) is 0. The molecule has 0 atom stereocenters. The van der Waals surface area contributed by atoms with Crippen LogP contribution in [0.4, 0.5) is 0 Å². The Balaban J connectivity index is 1.31. The van der Waals surface area contributed by atoms with Crippen molar-refractivity contribution in [1.82, 2.24) is 10.3 Å². The van der Waals surface area contributed by atoms with E-state index in [0.29, 0.717) is 6.54 Å². The number of amides is 1. The van der Waals surface area contributed by atoms with Gasteiger partial charge in [-0.15, -0.1) is 0 Å². The van der Waals surface area contributed by atoms with Gasteiger partial charge in [0, 0.05) is 23.8 Å². The topological polar surface area (TPSA) is 44.9 Å². The Morgan fingerprint density at radius 2 is 1.71 bits per heavy atom. The molecule has 0 aliphatic heterocycles. The molecule has 0 aliphatic rings. The van der Waals surface area contributed by atoms with Gasteiger partial charge in [-0.05, 0) is 71.7 Å². The number of hydrogen-bond donors (Lipinski definition) is 2. The van der Waals surface area contributed by atoms with Crippen molar-refractivity contribution in [3.05, 3.63) is 95.7 Å². The number of benzene rings is 3. The van der Waals surface area contributed by atoms with Crippen LogP contribution in [0.3, 0.4) is 0 Å². The smallest absolute Gasteiger partial charge is 0.251 e. The van der Waals surface area contributed by atoms with E-state index in [0.717, 1.165) is 29.5 Å². The summed E-state index contributed by atoms with van der Waals surface area (Å²) in [5, 5.41) is 4.25. The maximum atomic E-state index is 12.2. The molecule has 140 valence electrons. The summed E-state index contributed by atoms with van der Waals surface area (Å²) < 4.78 is 0. The van der Waals surface area contributed by atoms with E-state index in [-0.39, 0.29) is 5.91 Å². The largest absolute Gasteiger partial charge is 0.361 e. The highest BCUT2D eigenvalue weighted by Gasteiger charge is 2.07. The molecule has 0 saturated heterocycles. The van der Waals surface area contributed by atoms with Gasteiger partial charge in [-0.3, -0.25) is 4.79 Å². The first kappa shape index (κ1) is 18.1. The van der Waals surface area contributed by atoms with Gasteiger partial charge in [-0.1, -0.05) is 48.5 Å². The summed E-state index contributed by atoms with van der Waals surface area (Å²) >= 11 is 0. The van der Waals surface area contributed by atoms with Crippen molar-refractivity contribution in [2.24, 2.45) is 0 Å². The zero-order valence-electron chi connectivity index (χ0n) is 16.0. The summed E-state index contributed by atoms with van der Waals surface area (Å²) in [5.74, 6) is 0.00796. The van der Waals surface area contributed by atoms with E-state index < -0.39 is 0 Å². The highest BCUT2D eigenvalue weighted by Crippen LogP contribution is 2.24. The minimum absolute atomic E-state index is 0.00796. The Hall–Kier alpha value is -3.33. The van der Waals surface area contributed by atoms with E-state index in [2.05, 4.69) is 58.8 Å². The van der Waals surface area contributed by atoms with E-state index >= 15 is 0 Å². The lowest BCUT2D eigenvalue weighted by atomic mass is 10.0. The third kappa shape index (κ3) is 3.99. The van der Waals surface area contributed by atoms with Crippen LogP contribution in [0, 0.1) is 6.92 Å². The number of H-pyrrole nitrogens is 1. The third-order valence-electron chi connectivity index (χ3n) is 5.16. The molecule has 0 fully saturated rings. The number of nitrogens with one attached hydrogen (secondary N) is 2. The summed E-state index contributed by atoms with van der Waals surface area (Å²) in [6, 6.07) is 25.0. The van der Waals surface area contributed by atoms with Crippen LogP contribution in [-0.4, -0.2) is 17.4 Å². The highest BCUT2D eigenvalue weighted by molar-refractivity contribution is 5.95. The maximum absolute atomic E-state index is 12.2. The van der Waals surface area contributed by atoms with Crippen LogP contribution < -0.4 is 5.32 Å². The van der Waals surface area contributed by atoms with Crippen molar-refractivity contribution in [1.29, 1.82) is 0 Å². The Kier molecular flexibility index (Phi) is 5.24. The first-order valence-electron chi connectivity index (χ1n) is 9.71. The number of fused-ring (bicyclic) bond motifs is 1. The predicted molar refractivity (Wildman–Crippen MR) is 116 cm³/mol. The maximum Gasteiger partial charge on any atom is 0.251 e. The van der Waals surface area contributed by atoms with E-state index in [1.54, 1.807) is 0 Å². The summed E-state index contributed by atoms with van der Waals surface area (Å²) in [4.78, 5) is 15.5. The molecular weight excluding hydrogens is 344 g/mol. The lowest BCUT2D eigenvalue weighted by molar-refractivity contribution is 0.0952. The quantitative estimate of drug-likeness (QED) is 0.433. The summed E-state index contributed by atoms with van der Waals surface area (Å²) in [6.07, 6.45) is 3.84. The number of aryl methyl sites for hydroxylation is 2. The van der Waals surface area contributed by atoms with Gasteiger partial charge in [0.25, 0.3) is 5.91 Å². The molecule has 2 N–H and O–H groups in total. The van der Waals surface area contributed by atoms with Gasteiger partial charge >= 0.3 is 0 Å². The Morgan fingerprint density at radius 3 is 2.54 bits per heavy atom. The van der Waals surface area contributed by atoms with Gasteiger partial charge in [-0.2, -0.15) is 0 Å². The number of rotatable bonds is 6. The number of aromatic nitrogens is 1. The van der Waals surface area contributed by atoms with Crippen LogP contribution in [0.15, 0.2) is 79.0 Å². The molecule has 0 aliphatic carbocycles. The van der Waals surface area contributed by atoms with Crippen molar-refractivity contribution in [3.63, 3.8) is 0 Å². The second kappa shape index (κ2) is 8.13. The van der Waals surface area contributed by atoms with Gasteiger partial charge in [0.2, 0.25) is 0 Å². The number of carbonyl (C=O) groups excluding carboxylic acids is 1. The molecule has 0 spiro atoms. The SMILES string of the molecule is Cc1ccccc1C(=O)NCCCc1ccc(-c2ccc3[nH]ccc3c2)cc1. The summed E-state index contributed by atoms with van der Waals surface area (Å²) in [5.41, 5.74) is 6.66. The monoisotopic (exact) mass is 368 g/mol. The van der Waals surface area contributed by atoms with Gasteiger partial charge in [-0.25, -0.2) is 0 Å². The van der Waals surface area contributed by atoms with Crippen molar-refractivity contribution in [3.8, 4) is 11.1 Å². The van der Waals surface area contributed by atoms with E-state index in [1.807, 2.05) is 37.4 Å². The molecule has 4 aromatic rings. The fraction of sp³-hybridized carbons (Fsp3) is 0.160. The Labute approximate surface area is 165 Å². The van der Waals surface area contributed by atoms with Crippen molar-refractivity contribution in [2.75, 3.05) is 6.54 Å². The summed E-state index contributed by atoms with van der Waals surface area (Å²) in [6.45, 7) is 2.64. The minimum Gasteiger partial charge on any atom is -0.361 e. The fourth-order valence-electron chi connectivity index (χ4n) is 3.51. The Bertz CT molecular complexity index is 1090. The molecule has 0 bridgehead atoms. The lowest BCUT2D eigenvalue weighted by Crippen LogP contribution is -2.25. The van der Waals surface area contributed by atoms with E-state index in [9.17, 15) is 4.79 Å². The standard InChI is InChI=1S/C25H24N2O/c1-18-5-2-3-7-23(18)25(28)27-15-4-6-19-8-10-20(11-9-19)21-12-13-24-22(17-21)14-16-26-24/h2-3,5,7-14,16-17,26H,4,6,15H2,1H3,(H,27,28). The molecule has 0 radical (unpaired) electrons. The van der Waals surface area contributed by atoms with E-state index in [1.165, 1.54) is 22.1 Å². The molecule has 3 nitrogen and oxygen atoms in total. The minimum atomic E-state index is 0.00796. The first-order chi connectivity index (χ1) is 13.7. The number of carbonyl (C=O) groups is 1. The molecule has 1 amide bonds. The molecule has 0 unspecified atom stereocenters. The normalized spacial score (nSPS) is 10.9. The van der Waals surface area contributed by atoms with Crippen LogP contribution >= 0.6 is 0 Å². The zero-order valence-corrected chi connectivity index (χ0v) is 16.0. The van der Waals surface area contributed by atoms with Crippen molar-refractivity contribution < 1.29 is 4.79 Å². The predicted octanol–water partition coefficient (Wildman–Crippen LogP) is 5.51. The molecule has 0 saturated carbocycles. The van der Waals surface area contributed by atoms with Gasteiger partial charge in [0.1, 0.15) is 0 Å². The number of hydrogen-bond acceptors (Lipinski definition) is 1. The van der Waals surface area contributed by atoms with Crippen LogP contribution in [0.1, 0.15) is 27.9 Å². The van der Waals surface area contributed by atoms with Crippen LogP contribution in [0.25, 0.3) is 22.0 Å². The first-order valence-corrected chi connectivity index (χ1v) is 9.71. The molecule has 3 aromatic carbocycles. The molecule has 28 heavy (non-hydrogen) atoms. The van der Waals surface area contributed by atoms with Crippen LogP contribution in [0.2, 0.25) is 0 Å². The second-order valence-corrected chi connectivity index (χ2v) is 7.15. The van der Waals surface area contributed by atoms with Crippen molar-refractivity contribution in [2.45, 2.75) is 19.8 Å². The Morgan fingerprint density at radius 1 is 0.929 bits per heavy atom. The molecule has 4 rings (SSSR count). The molecule has 1 heterocycles. The average Bonchev–Trinajstić information content (AvgIpc) is 3.20. The lowest BCUT2D eigenvalue weighted by Gasteiger charge is -2.08. The van der Waals surface area contributed by atoms with Gasteiger partial charge in [0.05, 0.1) is 0 Å². The zero-order chi connectivity index (χ0) is 19.3. The molecule has 3 heteroatoms. The van der Waals surface area contributed by atoms with Crippen molar-refractivity contribution >= 4 is 16.8 Å². The van der Waals surface area contributed by atoms with Gasteiger partial charge in [0.15, 0.2) is 0 Å². The average molecular weight is 368 g/mol. The third-order valence-corrected chi connectivity index (χ3v) is 5.16. The highest BCUT2D eigenvalue weighted by atomic mass is 16.1. The number of aromatic amines is 1. The van der Waals surface area contributed by atoms with Gasteiger partial charge < -0.3 is 10.3 Å². The van der Waals surface area contributed by atoms with Crippen LogP contribution in [0.5, 0.6) is 0 Å². The van der Waals surface area contributed by atoms with Crippen LogP contribution in [-0.2, 0) is 6.42 Å². The molecule has 1 aromatic heterocycles. The molecular formula is C25H24N2O. The van der Waals surface area contributed by atoms with E-state index in [4.69, 9.17) is 0 Å². The second-order valence-electron chi connectivity index (χ2n) is 7.15. The fourth-order valence-corrected chi connectivity index (χ4v) is 3.51.